The SMILES string of the molecule is CS(=O)(=O)[C@@](Cl)(Br)[C@@H](O)c1cccc(N)c1. The highest BCUT2D eigenvalue weighted by Crippen LogP contribution is 2.42. The number of aliphatic hydroxyl groups is 1. The lowest BCUT2D eigenvalue weighted by Gasteiger charge is -2.24. The van der Waals surface area contributed by atoms with E-state index < -0.39 is 19.1 Å². The van der Waals surface area contributed by atoms with Gasteiger partial charge in [-0.15, -0.1) is 0 Å². The van der Waals surface area contributed by atoms with Gasteiger partial charge in [-0.25, -0.2) is 8.42 Å². The zero-order valence-corrected chi connectivity index (χ0v) is 11.6. The highest BCUT2D eigenvalue weighted by atomic mass is 79.9. The van der Waals surface area contributed by atoms with E-state index in [4.69, 9.17) is 17.3 Å². The number of hydrogen-bond donors (Lipinski definition) is 2. The number of halogens is 2. The monoisotopic (exact) mass is 327 g/mol. The Morgan fingerprint density at radius 2 is 2.12 bits per heavy atom. The average Bonchev–Trinajstić information content (AvgIpc) is 2.14. The number of nitrogens with two attached hydrogens (primary N) is 1. The van der Waals surface area contributed by atoms with Crippen molar-refractivity contribution in [1.29, 1.82) is 0 Å². The fourth-order valence-electron chi connectivity index (χ4n) is 1.13. The lowest BCUT2D eigenvalue weighted by Crippen LogP contribution is -2.32. The van der Waals surface area contributed by atoms with Crippen molar-refractivity contribution in [2.75, 3.05) is 12.0 Å². The van der Waals surface area contributed by atoms with Gasteiger partial charge in [0.1, 0.15) is 6.10 Å². The van der Waals surface area contributed by atoms with Crippen LogP contribution in [-0.4, -0.2) is 22.9 Å². The summed E-state index contributed by atoms with van der Waals surface area (Å²) in [5.74, 6) is 0. The molecule has 0 aliphatic carbocycles. The summed E-state index contributed by atoms with van der Waals surface area (Å²) in [6.45, 7) is 0. The van der Waals surface area contributed by atoms with Crippen molar-refractivity contribution in [2.45, 2.75) is 9.22 Å². The molecule has 0 amide bonds. The quantitative estimate of drug-likeness (QED) is 0.653. The average molecular weight is 329 g/mol. The summed E-state index contributed by atoms with van der Waals surface area (Å²) in [5.41, 5.74) is 6.28. The number of hydrogen-bond acceptors (Lipinski definition) is 4. The van der Waals surface area contributed by atoms with E-state index in [-0.39, 0.29) is 0 Å². The van der Waals surface area contributed by atoms with E-state index in [9.17, 15) is 13.5 Å². The molecule has 0 fully saturated rings. The molecule has 0 spiro atoms. The third kappa shape index (κ3) is 2.68. The second-order valence-electron chi connectivity index (χ2n) is 3.41. The Morgan fingerprint density at radius 1 is 1.56 bits per heavy atom. The van der Waals surface area contributed by atoms with E-state index in [1.165, 1.54) is 6.07 Å². The molecule has 7 heteroatoms. The van der Waals surface area contributed by atoms with Crippen LogP contribution < -0.4 is 5.73 Å². The van der Waals surface area contributed by atoms with Crippen molar-refractivity contribution in [3.63, 3.8) is 0 Å². The molecule has 0 aliphatic heterocycles. The minimum atomic E-state index is -3.67. The number of sulfone groups is 1. The summed E-state index contributed by atoms with van der Waals surface area (Å²) in [7, 11) is -3.67. The van der Waals surface area contributed by atoms with E-state index in [2.05, 4.69) is 15.9 Å². The van der Waals surface area contributed by atoms with Crippen molar-refractivity contribution in [3.05, 3.63) is 29.8 Å². The van der Waals surface area contributed by atoms with E-state index in [0.29, 0.717) is 11.3 Å². The second-order valence-corrected chi connectivity index (χ2v) is 8.65. The number of anilines is 1. The molecule has 2 atom stereocenters. The van der Waals surface area contributed by atoms with Crippen LogP contribution in [0.2, 0.25) is 0 Å². The summed E-state index contributed by atoms with van der Waals surface area (Å²) in [6.07, 6.45) is -0.475. The molecule has 0 bridgehead atoms. The van der Waals surface area contributed by atoms with Gasteiger partial charge in [0.25, 0.3) is 0 Å². The normalized spacial score (nSPS) is 17.8. The molecule has 1 rings (SSSR count). The molecule has 0 unspecified atom stereocenters. The number of alkyl halides is 2. The van der Waals surface area contributed by atoms with Crippen LogP contribution in [0.1, 0.15) is 11.7 Å². The number of nitrogen functional groups attached to an aromatic ring is 1. The van der Waals surface area contributed by atoms with Gasteiger partial charge >= 0.3 is 0 Å². The predicted octanol–water partition coefficient (Wildman–Crippen LogP) is 1.63. The highest BCUT2D eigenvalue weighted by Gasteiger charge is 2.44. The summed E-state index contributed by atoms with van der Waals surface area (Å²) < 4.78 is 20.8. The zero-order valence-electron chi connectivity index (χ0n) is 8.39. The molecule has 1 aromatic carbocycles. The maximum absolute atomic E-state index is 11.4. The molecule has 0 radical (unpaired) electrons. The van der Waals surface area contributed by atoms with Crippen LogP contribution in [-0.2, 0) is 9.84 Å². The molecular formula is C9H11BrClNO3S. The van der Waals surface area contributed by atoms with E-state index >= 15 is 0 Å². The van der Waals surface area contributed by atoms with Gasteiger partial charge in [-0.05, 0) is 33.6 Å². The first kappa shape index (κ1) is 13.8. The lowest BCUT2D eigenvalue weighted by atomic mass is 10.1. The van der Waals surface area contributed by atoms with Crippen LogP contribution in [0.25, 0.3) is 0 Å². The summed E-state index contributed by atoms with van der Waals surface area (Å²) in [5, 5.41) is 9.89. The minimum Gasteiger partial charge on any atom is -0.399 e. The van der Waals surface area contributed by atoms with Crippen LogP contribution in [0.3, 0.4) is 0 Å². The largest absolute Gasteiger partial charge is 0.399 e. The first-order valence-corrected chi connectivity index (χ1v) is 7.33. The lowest BCUT2D eigenvalue weighted by molar-refractivity contribution is 0.185. The van der Waals surface area contributed by atoms with Gasteiger partial charge in [-0.3, -0.25) is 0 Å². The van der Waals surface area contributed by atoms with E-state index in [1.807, 2.05) is 0 Å². The third-order valence-electron chi connectivity index (χ3n) is 2.04. The first-order valence-electron chi connectivity index (χ1n) is 4.27. The molecule has 90 valence electrons. The van der Waals surface area contributed by atoms with Crippen LogP contribution in [0.15, 0.2) is 24.3 Å². The molecule has 4 nitrogen and oxygen atoms in total. The van der Waals surface area contributed by atoms with E-state index in [0.717, 1.165) is 6.26 Å². The number of rotatable bonds is 3. The van der Waals surface area contributed by atoms with Crippen LogP contribution in [0.4, 0.5) is 5.69 Å². The van der Waals surface area contributed by atoms with Gasteiger partial charge in [0.2, 0.25) is 3.12 Å². The number of aliphatic hydroxyl groups excluding tert-OH is 1. The van der Waals surface area contributed by atoms with Gasteiger partial charge < -0.3 is 10.8 Å². The summed E-state index contributed by atoms with van der Waals surface area (Å²) in [6, 6.07) is 6.25. The molecule has 16 heavy (non-hydrogen) atoms. The predicted molar refractivity (Wildman–Crippen MR) is 68.2 cm³/mol. The first-order chi connectivity index (χ1) is 7.16. The molecule has 0 saturated heterocycles. The molecule has 0 aromatic heterocycles. The van der Waals surface area contributed by atoms with Gasteiger partial charge in [0, 0.05) is 11.9 Å². The standard InChI is InChI=1S/C9H11BrClNO3S/c1-16(14,15)9(10,11)8(13)6-3-2-4-7(12)5-6/h2-5,8,13H,12H2,1H3/t8-,9+/m0/s1. The maximum atomic E-state index is 11.4. The van der Waals surface area contributed by atoms with Crippen LogP contribution >= 0.6 is 27.5 Å². The molecule has 0 heterocycles. The second kappa shape index (κ2) is 4.52. The third-order valence-corrected chi connectivity index (χ3v) is 6.50. The Balaban J connectivity index is 3.17. The van der Waals surface area contributed by atoms with Gasteiger partial charge in [-0.2, -0.15) is 0 Å². The van der Waals surface area contributed by atoms with Gasteiger partial charge in [0.05, 0.1) is 0 Å². The summed E-state index contributed by atoms with van der Waals surface area (Å²) >= 11 is 8.60. The maximum Gasteiger partial charge on any atom is 0.228 e. The molecule has 3 N–H and O–H groups in total. The fraction of sp³-hybridized carbons (Fsp3) is 0.333. The zero-order chi connectivity index (χ0) is 12.6. The van der Waals surface area contributed by atoms with Crippen LogP contribution in [0, 0.1) is 0 Å². The smallest absolute Gasteiger partial charge is 0.228 e. The molecule has 0 saturated carbocycles. The van der Waals surface area contributed by atoms with Crippen molar-refractivity contribution >= 4 is 43.1 Å². The number of benzene rings is 1. The molecule has 0 aliphatic rings. The Labute approximate surface area is 107 Å². The molecule has 1 aromatic rings. The van der Waals surface area contributed by atoms with Crippen LogP contribution in [0.5, 0.6) is 0 Å². The van der Waals surface area contributed by atoms with Gasteiger partial charge in [0.15, 0.2) is 9.84 Å². The van der Waals surface area contributed by atoms with Gasteiger partial charge in [-0.1, -0.05) is 23.7 Å². The van der Waals surface area contributed by atoms with Crippen molar-refractivity contribution in [3.8, 4) is 0 Å². The van der Waals surface area contributed by atoms with E-state index in [1.54, 1.807) is 18.2 Å². The van der Waals surface area contributed by atoms with Crippen molar-refractivity contribution in [1.82, 2.24) is 0 Å². The topological polar surface area (TPSA) is 80.4 Å². The Hall–Kier alpha value is -0.300. The van der Waals surface area contributed by atoms with Crippen molar-refractivity contribution in [2.24, 2.45) is 0 Å². The minimum absolute atomic E-state index is 0.331. The Bertz CT molecular complexity index is 489. The highest BCUT2D eigenvalue weighted by molar-refractivity contribution is 9.12. The Kier molecular flexibility index (Phi) is 3.89. The molecular weight excluding hydrogens is 318 g/mol. The fourth-order valence-corrected chi connectivity index (χ4v) is 2.06. The van der Waals surface area contributed by atoms with Crippen molar-refractivity contribution < 1.29 is 13.5 Å². The summed E-state index contributed by atoms with van der Waals surface area (Å²) in [4.78, 5) is 0. The Morgan fingerprint density at radius 3 is 2.56 bits per heavy atom.